The number of aryl methyl sites for hydroxylation is 1. The topological polar surface area (TPSA) is 114 Å². The molecule has 2 N–H and O–H groups in total. The highest BCUT2D eigenvalue weighted by Crippen LogP contribution is 2.28. The second-order valence-electron chi connectivity index (χ2n) is 8.13. The van der Waals surface area contributed by atoms with Crippen molar-refractivity contribution in [2.45, 2.75) is 37.1 Å². The zero-order chi connectivity index (χ0) is 24.7. The van der Waals surface area contributed by atoms with Gasteiger partial charge in [-0.25, -0.2) is 8.42 Å². The smallest absolute Gasteiger partial charge is 0.309 e. The van der Waals surface area contributed by atoms with E-state index in [0.29, 0.717) is 37.3 Å². The van der Waals surface area contributed by atoms with Gasteiger partial charge in [-0.1, -0.05) is 23.8 Å². The van der Waals surface area contributed by atoms with E-state index >= 15 is 0 Å². The SMILES string of the molecule is COc1ccc(CCNC(=O)C(=O)NC[C@H]2CCCN2S(=O)(=O)c2ccc(C)cc2)cc1OC. The highest BCUT2D eigenvalue weighted by molar-refractivity contribution is 7.89. The van der Waals surface area contributed by atoms with E-state index in [1.807, 2.05) is 19.1 Å². The van der Waals surface area contributed by atoms with Crippen molar-refractivity contribution in [1.82, 2.24) is 14.9 Å². The number of hydrogen-bond donors (Lipinski definition) is 2. The molecule has 3 rings (SSSR count). The molecule has 1 fully saturated rings. The first-order valence-electron chi connectivity index (χ1n) is 11.1. The van der Waals surface area contributed by atoms with Gasteiger partial charge in [0.05, 0.1) is 19.1 Å². The molecule has 1 heterocycles. The van der Waals surface area contributed by atoms with E-state index in [1.165, 1.54) is 4.31 Å². The van der Waals surface area contributed by atoms with Crippen LogP contribution in [0, 0.1) is 6.92 Å². The third-order valence-electron chi connectivity index (χ3n) is 5.80. The number of methoxy groups -OCH3 is 2. The first kappa shape index (κ1) is 25.5. The zero-order valence-corrected chi connectivity index (χ0v) is 20.5. The van der Waals surface area contributed by atoms with E-state index in [0.717, 1.165) is 11.1 Å². The Morgan fingerprint density at radius 1 is 1.00 bits per heavy atom. The summed E-state index contributed by atoms with van der Waals surface area (Å²) in [5, 5.41) is 5.17. The minimum Gasteiger partial charge on any atom is -0.493 e. The molecule has 2 amide bonds. The van der Waals surface area contributed by atoms with Gasteiger partial charge in [-0.05, 0) is 56.0 Å². The van der Waals surface area contributed by atoms with Crippen LogP contribution in [-0.2, 0) is 26.0 Å². The maximum Gasteiger partial charge on any atom is 0.309 e. The molecule has 1 aliphatic rings. The number of amides is 2. The fourth-order valence-corrected chi connectivity index (χ4v) is 5.60. The number of carbonyl (C=O) groups is 2. The summed E-state index contributed by atoms with van der Waals surface area (Å²) in [6.45, 7) is 2.61. The Kier molecular flexibility index (Phi) is 8.51. The van der Waals surface area contributed by atoms with Crippen LogP contribution in [0.5, 0.6) is 11.5 Å². The Balaban J connectivity index is 1.49. The van der Waals surface area contributed by atoms with Gasteiger partial charge in [0.25, 0.3) is 0 Å². The quantitative estimate of drug-likeness (QED) is 0.518. The van der Waals surface area contributed by atoms with Crippen molar-refractivity contribution in [2.24, 2.45) is 0 Å². The lowest BCUT2D eigenvalue weighted by atomic mass is 10.1. The first-order chi connectivity index (χ1) is 16.3. The van der Waals surface area contributed by atoms with Crippen LogP contribution in [0.15, 0.2) is 47.4 Å². The predicted molar refractivity (Wildman–Crippen MR) is 127 cm³/mol. The minimum absolute atomic E-state index is 0.0764. The molecule has 34 heavy (non-hydrogen) atoms. The van der Waals surface area contributed by atoms with E-state index in [2.05, 4.69) is 10.6 Å². The summed E-state index contributed by atoms with van der Waals surface area (Å²) in [4.78, 5) is 24.7. The summed E-state index contributed by atoms with van der Waals surface area (Å²) in [7, 11) is -0.565. The van der Waals surface area contributed by atoms with E-state index in [4.69, 9.17) is 9.47 Å². The number of ether oxygens (including phenoxy) is 2. The highest BCUT2D eigenvalue weighted by Gasteiger charge is 2.35. The van der Waals surface area contributed by atoms with Crippen LogP contribution in [-0.4, -0.2) is 64.4 Å². The van der Waals surface area contributed by atoms with Crippen molar-refractivity contribution >= 4 is 21.8 Å². The lowest BCUT2D eigenvalue weighted by molar-refractivity contribution is -0.139. The highest BCUT2D eigenvalue weighted by atomic mass is 32.2. The van der Waals surface area contributed by atoms with Crippen molar-refractivity contribution in [3.05, 3.63) is 53.6 Å². The summed E-state index contributed by atoms with van der Waals surface area (Å²) >= 11 is 0. The molecule has 10 heteroatoms. The molecular weight excluding hydrogens is 458 g/mol. The van der Waals surface area contributed by atoms with Crippen molar-refractivity contribution in [1.29, 1.82) is 0 Å². The Bertz CT molecular complexity index is 1120. The largest absolute Gasteiger partial charge is 0.493 e. The van der Waals surface area contributed by atoms with Gasteiger partial charge in [0.15, 0.2) is 11.5 Å². The van der Waals surface area contributed by atoms with E-state index in [1.54, 1.807) is 44.6 Å². The molecule has 0 bridgehead atoms. The fraction of sp³-hybridized carbons (Fsp3) is 0.417. The lowest BCUT2D eigenvalue weighted by Gasteiger charge is -2.24. The third-order valence-corrected chi connectivity index (χ3v) is 7.77. The molecule has 1 saturated heterocycles. The minimum atomic E-state index is -3.67. The standard InChI is InChI=1S/C24H31N3O6S/c1-17-6-9-20(10-7-17)34(30,31)27-14-4-5-19(27)16-26-24(29)23(28)25-13-12-18-8-11-21(32-2)22(15-18)33-3/h6-11,15,19H,4-5,12-14,16H2,1-3H3,(H,25,28)(H,26,29)/t19-/m1/s1. The Hall–Kier alpha value is -3.11. The average Bonchev–Trinajstić information content (AvgIpc) is 3.32. The van der Waals surface area contributed by atoms with E-state index in [-0.39, 0.29) is 18.0 Å². The van der Waals surface area contributed by atoms with Gasteiger partial charge in [0.1, 0.15) is 0 Å². The van der Waals surface area contributed by atoms with Gasteiger partial charge < -0.3 is 20.1 Å². The monoisotopic (exact) mass is 489 g/mol. The van der Waals surface area contributed by atoms with Gasteiger partial charge in [-0.15, -0.1) is 0 Å². The van der Waals surface area contributed by atoms with Gasteiger partial charge >= 0.3 is 11.8 Å². The van der Waals surface area contributed by atoms with Crippen LogP contribution in [0.2, 0.25) is 0 Å². The molecule has 0 spiro atoms. The number of nitrogens with zero attached hydrogens (tertiary/aromatic N) is 1. The van der Waals surface area contributed by atoms with Crippen molar-refractivity contribution < 1.29 is 27.5 Å². The van der Waals surface area contributed by atoms with E-state index in [9.17, 15) is 18.0 Å². The Labute approximate surface area is 200 Å². The molecule has 0 aliphatic carbocycles. The average molecular weight is 490 g/mol. The van der Waals surface area contributed by atoms with Crippen molar-refractivity contribution in [2.75, 3.05) is 33.9 Å². The van der Waals surface area contributed by atoms with Crippen LogP contribution in [0.1, 0.15) is 24.0 Å². The first-order valence-corrected chi connectivity index (χ1v) is 12.6. The molecule has 1 atom stereocenters. The van der Waals surface area contributed by atoms with Crippen molar-refractivity contribution in [3.63, 3.8) is 0 Å². The van der Waals surface area contributed by atoms with Gasteiger partial charge in [0.2, 0.25) is 10.0 Å². The van der Waals surface area contributed by atoms with Crippen LogP contribution >= 0.6 is 0 Å². The number of sulfonamides is 1. The Morgan fingerprint density at radius 3 is 2.35 bits per heavy atom. The molecule has 0 saturated carbocycles. The number of hydrogen-bond acceptors (Lipinski definition) is 6. The summed E-state index contributed by atoms with van der Waals surface area (Å²) in [5.74, 6) is -0.343. The molecule has 2 aromatic rings. The summed E-state index contributed by atoms with van der Waals surface area (Å²) in [6.07, 6.45) is 1.82. The maximum atomic E-state index is 13.0. The van der Waals surface area contributed by atoms with Crippen LogP contribution in [0.3, 0.4) is 0 Å². The molecule has 0 unspecified atom stereocenters. The molecule has 2 aromatic carbocycles. The molecule has 9 nitrogen and oxygen atoms in total. The maximum absolute atomic E-state index is 13.0. The van der Waals surface area contributed by atoms with Crippen LogP contribution in [0.25, 0.3) is 0 Å². The van der Waals surface area contributed by atoms with Crippen LogP contribution < -0.4 is 20.1 Å². The Morgan fingerprint density at radius 2 is 1.68 bits per heavy atom. The zero-order valence-electron chi connectivity index (χ0n) is 19.7. The molecule has 0 aromatic heterocycles. The number of benzene rings is 2. The molecule has 184 valence electrons. The summed E-state index contributed by atoms with van der Waals surface area (Å²) < 4.78 is 37.9. The molecule has 0 radical (unpaired) electrons. The van der Waals surface area contributed by atoms with Gasteiger partial charge in [0, 0.05) is 25.7 Å². The van der Waals surface area contributed by atoms with Gasteiger partial charge in [-0.2, -0.15) is 4.31 Å². The van der Waals surface area contributed by atoms with Crippen LogP contribution in [0.4, 0.5) is 0 Å². The van der Waals surface area contributed by atoms with Crippen molar-refractivity contribution in [3.8, 4) is 11.5 Å². The third kappa shape index (κ3) is 6.06. The van der Waals surface area contributed by atoms with Gasteiger partial charge in [-0.3, -0.25) is 9.59 Å². The predicted octanol–water partition coefficient (Wildman–Crippen LogP) is 1.64. The second kappa shape index (κ2) is 11.3. The summed E-state index contributed by atoms with van der Waals surface area (Å²) in [6, 6.07) is 11.7. The number of nitrogens with one attached hydrogen (secondary N) is 2. The number of carbonyl (C=O) groups excluding carboxylic acids is 2. The normalized spacial score (nSPS) is 16.1. The van der Waals surface area contributed by atoms with E-state index < -0.39 is 27.9 Å². The fourth-order valence-electron chi connectivity index (χ4n) is 3.90. The number of rotatable bonds is 9. The lowest BCUT2D eigenvalue weighted by Crippen LogP contribution is -2.47. The molecular formula is C24H31N3O6S. The summed E-state index contributed by atoms with van der Waals surface area (Å²) in [5.41, 5.74) is 1.89. The second-order valence-corrected chi connectivity index (χ2v) is 10.0. The molecule has 1 aliphatic heterocycles.